The lowest BCUT2D eigenvalue weighted by Crippen LogP contribution is -2.23. The maximum absolute atomic E-state index is 10.6. The fourth-order valence-electron chi connectivity index (χ4n) is 0.945. The molecule has 2 heteroatoms. The van der Waals surface area contributed by atoms with Gasteiger partial charge in [0.1, 0.15) is 0 Å². The van der Waals surface area contributed by atoms with Crippen LogP contribution in [0.2, 0.25) is 0 Å². The molecule has 59 valence electrons. The molecule has 2 N–H and O–H groups in total. The number of carbonyl (C=O) groups excluding carboxylic acids is 1. The second kappa shape index (κ2) is 4.31. The molecule has 1 radical (unpaired) electrons. The minimum Gasteiger partial charge on any atom is -0.369 e. The van der Waals surface area contributed by atoms with Crippen molar-refractivity contribution in [3.05, 3.63) is 6.92 Å². The smallest absolute Gasteiger partial charge is 0.220 e. The molecule has 0 aromatic heterocycles. The molecule has 0 aliphatic heterocycles. The maximum atomic E-state index is 10.6. The predicted molar refractivity (Wildman–Crippen MR) is 42.1 cm³/mol. The highest BCUT2D eigenvalue weighted by Gasteiger charge is 2.13. The largest absolute Gasteiger partial charge is 0.369 e. The highest BCUT2D eigenvalue weighted by Crippen LogP contribution is 2.13. The van der Waals surface area contributed by atoms with E-state index < -0.39 is 0 Å². The molecule has 2 nitrogen and oxygen atoms in total. The summed E-state index contributed by atoms with van der Waals surface area (Å²) in [5.74, 6) is 0.281. The number of hydrogen-bond donors (Lipinski definition) is 1. The van der Waals surface area contributed by atoms with Crippen molar-refractivity contribution in [2.45, 2.75) is 26.7 Å². The van der Waals surface area contributed by atoms with Crippen LogP contribution in [0.4, 0.5) is 0 Å². The molecule has 0 rings (SSSR count). The van der Waals surface area contributed by atoms with E-state index in [0.29, 0.717) is 12.3 Å². The fourth-order valence-corrected chi connectivity index (χ4v) is 0.945. The number of primary amides is 1. The fraction of sp³-hybridized carbons (Fsp3) is 0.750. The van der Waals surface area contributed by atoms with Gasteiger partial charge in [0, 0.05) is 5.92 Å². The van der Waals surface area contributed by atoms with Crippen LogP contribution in [0.1, 0.15) is 26.7 Å². The van der Waals surface area contributed by atoms with Crippen LogP contribution >= 0.6 is 0 Å². The van der Waals surface area contributed by atoms with Gasteiger partial charge in [-0.15, -0.1) is 0 Å². The zero-order valence-electron chi connectivity index (χ0n) is 6.76. The van der Waals surface area contributed by atoms with Crippen LogP contribution < -0.4 is 5.73 Å². The topological polar surface area (TPSA) is 43.1 Å². The summed E-state index contributed by atoms with van der Waals surface area (Å²) in [6.45, 7) is 7.81. The van der Waals surface area contributed by atoms with Crippen LogP contribution in [0.5, 0.6) is 0 Å². The highest BCUT2D eigenvalue weighted by molar-refractivity contribution is 5.76. The summed E-state index contributed by atoms with van der Waals surface area (Å²) in [7, 11) is 0. The molecule has 0 aliphatic carbocycles. The third-order valence-corrected chi connectivity index (χ3v) is 1.51. The Kier molecular flexibility index (Phi) is 4.08. The van der Waals surface area contributed by atoms with Gasteiger partial charge >= 0.3 is 0 Å². The van der Waals surface area contributed by atoms with Crippen LogP contribution in [0, 0.1) is 18.8 Å². The monoisotopic (exact) mass is 142 g/mol. The van der Waals surface area contributed by atoms with Gasteiger partial charge in [-0.05, 0) is 18.8 Å². The van der Waals surface area contributed by atoms with E-state index in [1.807, 2.05) is 0 Å². The van der Waals surface area contributed by atoms with Crippen LogP contribution in [-0.4, -0.2) is 5.91 Å². The Labute approximate surface area is 62.8 Å². The Morgan fingerprint density at radius 2 is 2.10 bits per heavy atom. The molecule has 0 saturated heterocycles. The van der Waals surface area contributed by atoms with Crippen molar-refractivity contribution in [1.82, 2.24) is 0 Å². The summed E-state index contributed by atoms with van der Waals surface area (Å²) in [5, 5.41) is 0. The SMILES string of the molecule is [CH2]CC(CC(C)C)C(N)=O. The predicted octanol–water partition coefficient (Wildman–Crippen LogP) is 1.36. The van der Waals surface area contributed by atoms with Crippen molar-refractivity contribution in [3.63, 3.8) is 0 Å². The molecule has 1 unspecified atom stereocenters. The zero-order valence-corrected chi connectivity index (χ0v) is 6.76. The molecule has 0 fully saturated rings. The normalized spacial score (nSPS) is 13.6. The second-order valence-corrected chi connectivity index (χ2v) is 3.02. The van der Waals surface area contributed by atoms with Gasteiger partial charge in [0.15, 0.2) is 0 Å². The molecular weight excluding hydrogens is 126 g/mol. The van der Waals surface area contributed by atoms with Gasteiger partial charge in [-0.3, -0.25) is 4.79 Å². The van der Waals surface area contributed by atoms with Gasteiger partial charge in [-0.1, -0.05) is 20.8 Å². The Morgan fingerprint density at radius 3 is 2.20 bits per heavy atom. The first-order valence-corrected chi connectivity index (χ1v) is 3.66. The minimum absolute atomic E-state index is 0.0278. The van der Waals surface area contributed by atoms with E-state index >= 15 is 0 Å². The standard InChI is InChI=1S/C8H16NO/c1-4-7(8(9)10)5-6(2)3/h6-7H,1,4-5H2,2-3H3,(H2,9,10). The van der Waals surface area contributed by atoms with Gasteiger partial charge in [-0.25, -0.2) is 0 Å². The van der Waals surface area contributed by atoms with E-state index in [4.69, 9.17) is 5.73 Å². The molecule has 0 aromatic carbocycles. The van der Waals surface area contributed by atoms with Gasteiger partial charge < -0.3 is 5.73 Å². The van der Waals surface area contributed by atoms with E-state index in [9.17, 15) is 4.79 Å². The lowest BCUT2D eigenvalue weighted by molar-refractivity contribution is -0.122. The first-order chi connectivity index (χ1) is 4.57. The first-order valence-electron chi connectivity index (χ1n) is 3.66. The molecule has 0 spiro atoms. The van der Waals surface area contributed by atoms with Gasteiger partial charge in [0.2, 0.25) is 5.91 Å². The molecule has 0 aromatic rings. The molecule has 1 amide bonds. The van der Waals surface area contributed by atoms with Crippen LogP contribution in [0.3, 0.4) is 0 Å². The first kappa shape index (κ1) is 9.47. The van der Waals surface area contributed by atoms with E-state index in [0.717, 1.165) is 6.42 Å². The lowest BCUT2D eigenvalue weighted by Gasteiger charge is -2.12. The van der Waals surface area contributed by atoms with E-state index in [1.54, 1.807) is 0 Å². The molecule has 0 saturated carbocycles. The summed E-state index contributed by atoms with van der Waals surface area (Å²) in [6, 6.07) is 0. The number of carbonyl (C=O) groups is 1. The highest BCUT2D eigenvalue weighted by atomic mass is 16.1. The number of nitrogens with two attached hydrogens (primary N) is 1. The van der Waals surface area contributed by atoms with Crippen molar-refractivity contribution in [2.24, 2.45) is 17.6 Å². The van der Waals surface area contributed by atoms with Crippen LogP contribution in [0.15, 0.2) is 0 Å². The van der Waals surface area contributed by atoms with Gasteiger partial charge in [0.05, 0.1) is 0 Å². The Morgan fingerprint density at radius 1 is 1.60 bits per heavy atom. The average Bonchev–Trinajstić information content (AvgIpc) is 1.81. The number of amides is 1. The summed E-state index contributed by atoms with van der Waals surface area (Å²) in [4.78, 5) is 10.6. The van der Waals surface area contributed by atoms with Crippen molar-refractivity contribution in [3.8, 4) is 0 Å². The Bertz CT molecular complexity index is 110. The summed E-state index contributed by atoms with van der Waals surface area (Å²) >= 11 is 0. The average molecular weight is 142 g/mol. The van der Waals surface area contributed by atoms with Crippen molar-refractivity contribution in [2.75, 3.05) is 0 Å². The quantitative estimate of drug-likeness (QED) is 0.632. The Hall–Kier alpha value is -0.530. The Balaban J connectivity index is 3.72. The van der Waals surface area contributed by atoms with Crippen LogP contribution in [0.25, 0.3) is 0 Å². The molecule has 10 heavy (non-hydrogen) atoms. The molecule has 1 atom stereocenters. The van der Waals surface area contributed by atoms with Crippen molar-refractivity contribution < 1.29 is 4.79 Å². The van der Waals surface area contributed by atoms with Crippen molar-refractivity contribution >= 4 is 5.91 Å². The minimum atomic E-state index is -0.219. The van der Waals surface area contributed by atoms with Gasteiger partial charge in [0.25, 0.3) is 0 Å². The molecule has 0 aliphatic rings. The third-order valence-electron chi connectivity index (χ3n) is 1.51. The van der Waals surface area contributed by atoms with E-state index in [-0.39, 0.29) is 11.8 Å². The zero-order chi connectivity index (χ0) is 8.15. The molecule has 0 bridgehead atoms. The lowest BCUT2D eigenvalue weighted by atomic mass is 9.94. The van der Waals surface area contributed by atoms with Crippen molar-refractivity contribution in [1.29, 1.82) is 0 Å². The maximum Gasteiger partial charge on any atom is 0.220 e. The molecular formula is C8H16NO. The third kappa shape index (κ3) is 3.49. The summed E-state index contributed by atoms with van der Waals surface area (Å²) < 4.78 is 0. The number of rotatable bonds is 4. The summed E-state index contributed by atoms with van der Waals surface area (Å²) in [5.41, 5.74) is 5.12. The van der Waals surface area contributed by atoms with E-state index in [2.05, 4.69) is 20.8 Å². The molecule has 0 heterocycles. The van der Waals surface area contributed by atoms with Gasteiger partial charge in [-0.2, -0.15) is 0 Å². The van der Waals surface area contributed by atoms with Crippen LogP contribution in [-0.2, 0) is 4.79 Å². The summed E-state index contributed by atoms with van der Waals surface area (Å²) in [6.07, 6.45) is 1.48. The second-order valence-electron chi connectivity index (χ2n) is 3.02. The van der Waals surface area contributed by atoms with E-state index in [1.165, 1.54) is 0 Å². The number of hydrogen-bond acceptors (Lipinski definition) is 1.